The van der Waals surface area contributed by atoms with E-state index in [1.54, 1.807) is 6.07 Å². The Morgan fingerprint density at radius 3 is 2.43 bits per heavy atom. The summed E-state index contributed by atoms with van der Waals surface area (Å²) in [6.07, 6.45) is 0.169. The first-order chi connectivity index (χ1) is 13.5. The molecule has 1 atom stereocenters. The summed E-state index contributed by atoms with van der Waals surface area (Å²) in [5.41, 5.74) is 1.80. The molecule has 0 spiro atoms. The largest absolute Gasteiger partial charge is 0.354 e. The Balaban J connectivity index is 1.69. The third kappa shape index (κ3) is 7.36. The lowest BCUT2D eigenvalue weighted by molar-refractivity contribution is -0.121. The minimum absolute atomic E-state index is 0.137. The Morgan fingerprint density at radius 2 is 1.75 bits per heavy atom. The molecule has 0 bridgehead atoms. The van der Waals surface area contributed by atoms with E-state index in [9.17, 15) is 14.0 Å². The van der Waals surface area contributed by atoms with Crippen molar-refractivity contribution in [2.24, 2.45) is 0 Å². The summed E-state index contributed by atoms with van der Waals surface area (Å²) in [7, 11) is 3.75. The zero-order valence-corrected chi connectivity index (χ0v) is 16.2. The summed E-state index contributed by atoms with van der Waals surface area (Å²) in [5, 5.41) is 8.24. The first kappa shape index (κ1) is 21.4. The molecule has 0 fully saturated rings. The molecule has 0 aromatic heterocycles. The minimum Gasteiger partial charge on any atom is -0.354 e. The van der Waals surface area contributed by atoms with E-state index in [0.29, 0.717) is 13.1 Å². The van der Waals surface area contributed by atoms with Gasteiger partial charge in [-0.1, -0.05) is 42.5 Å². The summed E-state index contributed by atoms with van der Waals surface area (Å²) in [6, 6.07) is 15.5. The van der Waals surface area contributed by atoms with Gasteiger partial charge in [-0.2, -0.15) is 0 Å². The monoisotopic (exact) mass is 386 g/mol. The molecular formula is C21H27FN4O2. The highest BCUT2D eigenvalue weighted by Gasteiger charge is 2.16. The van der Waals surface area contributed by atoms with E-state index < -0.39 is 0 Å². The maximum Gasteiger partial charge on any atom is 0.315 e. The molecule has 2 rings (SSSR count). The average Bonchev–Trinajstić information content (AvgIpc) is 2.67. The van der Waals surface area contributed by atoms with Crippen molar-refractivity contribution in [1.29, 1.82) is 0 Å². The molecule has 0 heterocycles. The van der Waals surface area contributed by atoms with Crippen LogP contribution in [0.3, 0.4) is 0 Å². The summed E-state index contributed by atoms with van der Waals surface area (Å²) >= 11 is 0. The van der Waals surface area contributed by atoms with E-state index in [-0.39, 0.29) is 36.8 Å². The van der Waals surface area contributed by atoms with E-state index in [0.717, 1.165) is 11.1 Å². The van der Waals surface area contributed by atoms with Gasteiger partial charge in [-0.15, -0.1) is 0 Å². The first-order valence-electron chi connectivity index (χ1n) is 9.20. The van der Waals surface area contributed by atoms with Crippen LogP contribution in [0.4, 0.5) is 9.18 Å². The molecule has 7 heteroatoms. The second-order valence-electron chi connectivity index (χ2n) is 6.68. The van der Waals surface area contributed by atoms with Crippen molar-refractivity contribution >= 4 is 11.9 Å². The van der Waals surface area contributed by atoms with Crippen LogP contribution in [0.1, 0.15) is 23.6 Å². The van der Waals surface area contributed by atoms with Crippen LogP contribution in [-0.2, 0) is 11.3 Å². The lowest BCUT2D eigenvalue weighted by Crippen LogP contribution is -2.39. The predicted molar refractivity (Wildman–Crippen MR) is 107 cm³/mol. The van der Waals surface area contributed by atoms with Gasteiger partial charge < -0.3 is 20.9 Å². The van der Waals surface area contributed by atoms with Gasteiger partial charge in [0.1, 0.15) is 5.82 Å². The molecule has 3 amide bonds. The van der Waals surface area contributed by atoms with Gasteiger partial charge in [0.15, 0.2) is 0 Å². The van der Waals surface area contributed by atoms with Gasteiger partial charge in [0.05, 0.1) is 6.04 Å². The number of rotatable bonds is 9. The molecule has 28 heavy (non-hydrogen) atoms. The Kier molecular flexibility index (Phi) is 8.42. The summed E-state index contributed by atoms with van der Waals surface area (Å²) in [6.45, 7) is 1.02. The van der Waals surface area contributed by atoms with Crippen LogP contribution in [0.15, 0.2) is 54.6 Å². The average molecular weight is 386 g/mol. The molecule has 0 aliphatic carbocycles. The van der Waals surface area contributed by atoms with Crippen molar-refractivity contribution in [3.8, 4) is 0 Å². The van der Waals surface area contributed by atoms with Gasteiger partial charge in [0.25, 0.3) is 0 Å². The number of halogens is 1. The van der Waals surface area contributed by atoms with Crippen LogP contribution in [0.2, 0.25) is 0 Å². The number of carbonyl (C=O) groups is 2. The van der Waals surface area contributed by atoms with Crippen LogP contribution >= 0.6 is 0 Å². The molecule has 0 aliphatic rings. The van der Waals surface area contributed by atoms with Crippen LogP contribution in [0, 0.1) is 5.82 Å². The van der Waals surface area contributed by atoms with Crippen molar-refractivity contribution in [3.63, 3.8) is 0 Å². The van der Waals surface area contributed by atoms with Gasteiger partial charge in [-0.25, -0.2) is 9.18 Å². The fourth-order valence-electron chi connectivity index (χ4n) is 2.74. The van der Waals surface area contributed by atoms with Crippen LogP contribution in [-0.4, -0.2) is 44.0 Å². The molecular weight excluding hydrogens is 359 g/mol. The number of urea groups is 1. The third-order valence-electron chi connectivity index (χ3n) is 4.28. The molecule has 0 radical (unpaired) electrons. The number of amides is 3. The maximum atomic E-state index is 13.5. The Bertz CT molecular complexity index is 768. The molecule has 2 aromatic carbocycles. The predicted octanol–water partition coefficient (Wildman–Crippen LogP) is 2.43. The van der Waals surface area contributed by atoms with Gasteiger partial charge in [-0.05, 0) is 37.4 Å². The smallest absolute Gasteiger partial charge is 0.315 e. The lowest BCUT2D eigenvalue weighted by atomic mass is 10.1. The molecule has 0 saturated carbocycles. The first-order valence-corrected chi connectivity index (χ1v) is 9.20. The second kappa shape index (κ2) is 11.0. The van der Waals surface area contributed by atoms with Crippen LogP contribution < -0.4 is 16.0 Å². The number of carbonyl (C=O) groups excluding carboxylic acids is 2. The summed E-state index contributed by atoms with van der Waals surface area (Å²) in [4.78, 5) is 25.7. The number of likely N-dealkylation sites (N-methyl/N-ethyl adjacent to an activating group) is 1. The van der Waals surface area contributed by atoms with Crippen LogP contribution in [0.5, 0.6) is 0 Å². The van der Waals surface area contributed by atoms with Gasteiger partial charge in [0, 0.05) is 26.1 Å². The highest BCUT2D eigenvalue weighted by molar-refractivity contribution is 5.78. The fraction of sp³-hybridized carbons (Fsp3) is 0.333. The Hall–Kier alpha value is -2.93. The molecule has 6 nitrogen and oxygen atoms in total. The van der Waals surface area contributed by atoms with E-state index in [1.807, 2.05) is 55.4 Å². The number of nitrogens with zero attached hydrogens (tertiary/aromatic N) is 1. The maximum absolute atomic E-state index is 13.5. The van der Waals surface area contributed by atoms with Crippen molar-refractivity contribution < 1.29 is 14.0 Å². The van der Waals surface area contributed by atoms with E-state index >= 15 is 0 Å². The zero-order chi connectivity index (χ0) is 20.4. The zero-order valence-electron chi connectivity index (χ0n) is 16.2. The number of nitrogens with one attached hydrogen (secondary N) is 3. The number of hydrogen-bond acceptors (Lipinski definition) is 3. The highest BCUT2D eigenvalue weighted by Crippen LogP contribution is 2.18. The molecule has 1 unspecified atom stereocenters. The van der Waals surface area contributed by atoms with Crippen molar-refractivity contribution in [2.45, 2.75) is 19.0 Å². The quantitative estimate of drug-likeness (QED) is 0.620. The molecule has 2 aromatic rings. The highest BCUT2D eigenvalue weighted by atomic mass is 19.1. The standard InChI is InChI=1S/C21H27FN4O2/c1-26(2)19(17-9-6-10-18(22)13-17)15-24-20(27)11-12-23-21(28)25-14-16-7-4-3-5-8-16/h3-10,13,19H,11-12,14-15H2,1-2H3,(H,24,27)(H2,23,25,28). The van der Waals surface area contributed by atoms with E-state index in [2.05, 4.69) is 16.0 Å². The summed E-state index contributed by atoms with van der Waals surface area (Å²) in [5.74, 6) is -0.479. The fourth-order valence-corrected chi connectivity index (χ4v) is 2.74. The van der Waals surface area contributed by atoms with Gasteiger partial charge in [-0.3, -0.25) is 4.79 Å². The molecule has 3 N–H and O–H groups in total. The minimum atomic E-state index is -0.317. The van der Waals surface area contributed by atoms with E-state index in [4.69, 9.17) is 0 Å². The van der Waals surface area contributed by atoms with Crippen molar-refractivity contribution in [3.05, 3.63) is 71.5 Å². The van der Waals surface area contributed by atoms with Crippen LogP contribution in [0.25, 0.3) is 0 Å². The third-order valence-corrected chi connectivity index (χ3v) is 4.28. The van der Waals surface area contributed by atoms with Crippen molar-refractivity contribution in [2.75, 3.05) is 27.2 Å². The lowest BCUT2D eigenvalue weighted by Gasteiger charge is -2.25. The number of benzene rings is 2. The second-order valence-corrected chi connectivity index (χ2v) is 6.68. The topological polar surface area (TPSA) is 73.5 Å². The Morgan fingerprint density at radius 1 is 1.00 bits per heavy atom. The van der Waals surface area contributed by atoms with Gasteiger partial charge in [0.2, 0.25) is 5.91 Å². The molecule has 150 valence electrons. The number of hydrogen-bond donors (Lipinski definition) is 3. The molecule has 0 aliphatic heterocycles. The summed E-state index contributed by atoms with van der Waals surface area (Å²) < 4.78 is 13.5. The Labute approximate surface area is 165 Å². The SMILES string of the molecule is CN(C)C(CNC(=O)CCNC(=O)NCc1ccccc1)c1cccc(F)c1. The van der Waals surface area contributed by atoms with E-state index in [1.165, 1.54) is 12.1 Å². The normalized spacial score (nSPS) is 11.7. The van der Waals surface area contributed by atoms with Crippen molar-refractivity contribution in [1.82, 2.24) is 20.9 Å². The molecule has 0 saturated heterocycles. The van der Waals surface area contributed by atoms with Gasteiger partial charge >= 0.3 is 6.03 Å².